The largest absolute Gasteiger partial charge is 0.390 e. The van der Waals surface area contributed by atoms with Gasteiger partial charge in [0.1, 0.15) is 0 Å². The molecule has 140 valence electrons. The van der Waals surface area contributed by atoms with E-state index in [1.54, 1.807) is 0 Å². The number of nitrogens with zero attached hydrogens (tertiary/aromatic N) is 2. The Balaban J connectivity index is 1.71. The summed E-state index contributed by atoms with van der Waals surface area (Å²) < 4.78 is 0. The molecule has 6 nitrogen and oxygen atoms in total. The maximum absolute atomic E-state index is 12.0. The number of aliphatic hydroxyl groups is 1. The lowest BCUT2D eigenvalue weighted by molar-refractivity contribution is 0.0924. The number of amides is 2. The molecule has 0 aromatic heterocycles. The Labute approximate surface area is 151 Å². The number of aliphatic hydroxyl groups excluding tert-OH is 1. The molecular formula is C19H32N4O2. The molecule has 1 aromatic carbocycles. The smallest absolute Gasteiger partial charge is 0.319 e. The predicted octanol–water partition coefficient (Wildman–Crippen LogP) is 1.96. The van der Waals surface area contributed by atoms with Crippen LogP contribution in [-0.2, 0) is 6.54 Å². The zero-order valence-corrected chi connectivity index (χ0v) is 15.7. The number of rotatable bonds is 7. The van der Waals surface area contributed by atoms with Gasteiger partial charge in [-0.2, -0.15) is 0 Å². The number of β-amino-alcohol motifs (C(OH)–C–C–N with tert-alkyl or cyclic N) is 1. The van der Waals surface area contributed by atoms with Gasteiger partial charge in [0.05, 0.1) is 6.10 Å². The number of hydrogen-bond donors (Lipinski definition) is 3. The van der Waals surface area contributed by atoms with Crippen LogP contribution in [0, 0.1) is 5.92 Å². The van der Waals surface area contributed by atoms with Crippen LogP contribution < -0.4 is 10.6 Å². The van der Waals surface area contributed by atoms with Gasteiger partial charge in [0.2, 0.25) is 0 Å². The molecule has 1 unspecified atom stereocenters. The highest BCUT2D eigenvalue weighted by Gasteiger charge is 2.18. The Kier molecular flexibility index (Phi) is 7.68. The highest BCUT2D eigenvalue weighted by Crippen LogP contribution is 2.16. The lowest BCUT2D eigenvalue weighted by Crippen LogP contribution is -2.43. The Morgan fingerprint density at radius 1 is 1.36 bits per heavy atom. The van der Waals surface area contributed by atoms with E-state index in [0.29, 0.717) is 6.54 Å². The van der Waals surface area contributed by atoms with Gasteiger partial charge in [0, 0.05) is 25.3 Å². The minimum absolute atomic E-state index is 0.259. The average molecular weight is 348 g/mol. The zero-order valence-electron chi connectivity index (χ0n) is 15.7. The molecule has 1 aliphatic heterocycles. The molecule has 25 heavy (non-hydrogen) atoms. The van der Waals surface area contributed by atoms with Crippen molar-refractivity contribution in [1.82, 2.24) is 15.1 Å². The Hall–Kier alpha value is -1.63. The number of hydrogen-bond acceptors (Lipinski definition) is 4. The van der Waals surface area contributed by atoms with Crippen LogP contribution in [-0.4, -0.2) is 67.3 Å². The van der Waals surface area contributed by atoms with Crippen molar-refractivity contribution in [2.24, 2.45) is 5.92 Å². The number of benzene rings is 1. The summed E-state index contributed by atoms with van der Waals surface area (Å²) in [7, 11) is 4.02. The summed E-state index contributed by atoms with van der Waals surface area (Å²) in [6.45, 7) is 6.03. The second-order valence-electron chi connectivity index (χ2n) is 7.41. The van der Waals surface area contributed by atoms with Crippen LogP contribution in [0.5, 0.6) is 0 Å². The van der Waals surface area contributed by atoms with E-state index in [9.17, 15) is 9.90 Å². The Morgan fingerprint density at radius 3 is 2.76 bits per heavy atom. The molecule has 1 aliphatic rings. The van der Waals surface area contributed by atoms with Crippen LogP contribution in [0.1, 0.15) is 25.3 Å². The molecule has 0 spiro atoms. The van der Waals surface area contributed by atoms with E-state index in [1.165, 1.54) is 12.8 Å². The summed E-state index contributed by atoms with van der Waals surface area (Å²) in [5, 5.41) is 15.7. The highest BCUT2D eigenvalue weighted by atomic mass is 16.3. The monoisotopic (exact) mass is 348 g/mol. The minimum atomic E-state index is -0.542. The van der Waals surface area contributed by atoms with E-state index in [2.05, 4.69) is 27.4 Å². The fourth-order valence-electron chi connectivity index (χ4n) is 3.11. The molecule has 1 saturated heterocycles. The van der Waals surface area contributed by atoms with Crippen LogP contribution in [0.25, 0.3) is 0 Å². The summed E-state index contributed by atoms with van der Waals surface area (Å²) in [6, 6.07) is 7.51. The quantitative estimate of drug-likeness (QED) is 0.705. The van der Waals surface area contributed by atoms with Gasteiger partial charge in [-0.15, -0.1) is 0 Å². The first kappa shape index (κ1) is 19.7. The lowest BCUT2D eigenvalue weighted by Gasteiger charge is -2.31. The number of piperidine rings is 1. The van der Waals surface area contributed by atoms with Crippen LogP contribution in [0.3, 0.4) is 0 Å². The minimum Gasteiger partial charge on any atom is -0.390 e. The first-order chi connectivity index (χ1) is 11.9. The SMILES string of the molecule is CC1CCN(CC(O)CNC(=O)Nc2cccc(CN(C)C)c2)CC1. The van der Waals surface area contributed by atoms with Gasteiger partial charge >= 0.3 is 6.03 Å². The van der Waals surface area contributed by atoms with Gasteiger partial charge in [0.25, 0.3) is 0 Å². The van der Waals surface area contributed by atoms with Crippen molar-refractivity contribution >= 4 is 11.7 Å². The number of nitrogens with one attached hydrogen (secondary N) is 2. The second-order valence-corrected chi connectivity index (χ2v) is 7.41. The van der Waals surface area contributed by atoms with Crippen LogP contribution >= 0.6 is 0 Å². The first-order valence-electron chi connectivity index (χ1n) is 9.11. The van der Waals surface area contributed by atoms with Crippen molar-refractivity contribution in [1.29, 1.82) is 0 Å². The van der Waals surface area contributed by atoms with Crippen LogP contribution in [0.2, 0.25) is 0 Å². The van der Waals surface area contributed by atoms with E-state index >= 15 is 0 Å². The predicted molar refractivity (Wildman–Crippen MR) is 102 cm³/mol. The van der Waals surface area contributed by atoms with Crippen molar-refractivity contribution < 1.29 is 9.90 Å². The third kappa shape index (κ3) is 7.42. The van der Waals surface area contributed by atoms with E-state index in [4.69, 9.17) is 0 Å². The first-order valence-corrected chi connectivity index (χ1v) is 9.11. The Morgan fingerprint density at radius 2 is 2.08 bits per heavy atom. The van der Waals surface area contributed by atoms with Gasteiger partial charge in [-0.3, -0.25) is 0 Å². The molecule has 0 saturated carbocycles. The molecule has 1 atom stereocenters. The summed E-state index contributed by atoms with van der Waals surface area (Å²) in [4.78, 5) is 16.4. The normalized spacial score (nSPS) is 17.5. The van der Waals surface area contributed by atoms with E-state index in [-0.39, 0.29) is 12.6 Å². The van der Waals surface area contributed by atoms with Gasteiger partial charge in [-0.25, -0.2) is 4.79 Å². The molecular weight excluding hydrogens is 316 g/mol. The molecule has 1 aromatic rings. The molecule has 2 amide bonds. The summed E-state index contributed by atoms with van der Waals surface area (Å²) in [5.41, 5.74) is 1.90. The maximum atomic E-state index is 12.0. The van der Waals surface area contributed by atoms with Crippen molar-refractivity contribution in [3.05, 3.63) is 29.8 Å². The van der Waals surface area contributed by atoms with Gasteiger partial charge in [-0.1, -0.05) is 19.1 Å². The lowest BCUT2D eigenvalue weighted by atomic mass is 9.99. The van der Waals surface area contributed by atoms with Crippen molar-refractivity contribution in [2.45, 2.75) is 32.4 Å². The number of carbonyl (C=O) groups is 1. The standard InChI is InChI=1S/C19H32N4O2/c1-15-7-9-23(10-8-15)14-18(24)12-20-19(25)21-17-6-4-5-16(11-17)13-22(2)3/h4-6,11,15,18,24H,7-10,12-14H2,1-3H3,(H2,20,21,25). The van der Waals surface area contributed by atoms with E-state index in [0.717, 1.165) is 36.8 Å². The van der Waals surface area contributed by atoms with Crippen molar-refractivity contribution in [2.75, 3.05) is 45.6 Å². The molecule has 0 bridgehead atoms. The molecule has 6 heteroatoms. The number of anilines is 1. The van der Waals surface area contributed by atoms with Crippen molar-refractivity contribution in [3.8, 4) is 0 Å². The third-order valence-electron chi connectivity index (χ3n) is 4.53. The average Bonchev–Trinajstić information content (AvgIpc) is 2.55. The zero-order chi connectivity index (χ0) is 18.2. The van der Waals surface area contributed by atoms with Crippen LogP contribution in [0.4, 0.5) is 10.5 Å². The summed E-state index contributed by atoms with van der Waals surface area (Å²) >= 11 is 0. The van der Waals surface area contributed by atoms with E-state index < -0.39 is 6.10 Å². The molecule has 1 heterocycles. The van der Waals surface area contributed by atoms with E-state index in [1.807, 2.05) is 38.4 Å². The number of carbonyl (C=O) groups excluding carboxylic acids is 1. The number of likely N-dealkylation sites (tertiary alicyclic amines) is 1. The molecule has 3 N–H and O–H groups in total. The number of urea groups is 1. The van der Waals surface area contributed by atoms with Gasteiger partial charge in [-0.05, 0) is 63.6 Å². The third-order valence-corrected chi connectivity index (χ3v) is 4.53. The van der Waals surface area contributed by atoms with Crippen LogP contribution in [0.15, 0.2) is 24.3 Å². The van der Waals surface area contributed by atoms with Crippen molar-refractivity contribution in [3.63, 3.8) is 0 Å². The van der Waals surface area contributed by atoms with Gasteiger partial charge in [0.15, 0.2) is 0 Å². The molecule has 1 fully saturated rings. The summed E-state index contributed by atoms with van der Waals surface area (Å²) in [5.74, 6) is 0.778. The fourth-order valence-corrected chi connectivity index (χ4v) is 3.11. The second kappa shape index (κ2) is 9.75. The molecule has 0 radical (unpaired) electrons. The molecule has 2 rings (SSSR count). The highest BCUT2D eigenvalue weighted by molar-refractivity contribution is 5.89. The maximum Gasteiger partial charge on any atom is 0.319 e. The Bertz CT molecular complexity index is 542. The summed E-state index contributed by atoms with van der Waals surface area (Å²) in [6.07, 6.45) is 1.83. The topological polar surface area (TPSA) is 67.8 Å². The van der Waals surface area contributed by atoms with Gasteiger partial charge < -0.3 is 25.5 Å². The fraction of sp³-hybridized carbons (Fsp3) is 0.632. The molecule has 0 aliphatic carbocycles.